The standard InChI is InChI=1S/C14H25N3O/c1-3-12(2)14-10-16-11-17(14)8-9-18-13-4-6-15-7-5-13/h10-13,15H,3-9H2,1-2H3. The molecular formula is C14H25N3O. The molecular weight excluding hydrogens is 226 g/mol. The van der Waals surface area contributed by atoms with Crippen molar-refractivity contribution >= 4 is 0 Å². The predicted molar refractivity (Wildman–Crippen MR) is 72.8 cm³/mol. The van der Waals surface area contributed by atoms with Crippen molar-refractivity contribution in [1.29, 1.82) is 0 Å². The fraction of sp³-hybridized carbons (Fsp3) is 0.786. The van der Waals surface area contributed by atoms with Crippen LogP contribution in [-0.2, 0) is 11.3 Å². The highest BCUT2D eigenvalue weighted by Gasteiger charge is 2.13. The van der Waals surface area contributed by atoms with Crippen LogP contribution in [0.5, 0.6) is 0 Å². The molecule has 0 aromatic carbocycles. The van der Waals surface area contributed by atoms with Crippen LogP contribution >= 0.6 is 0 Å². The molecule has 0 amide bonds. The maximum atomic E-state index is 5.94. The molecule has 1 aliphatic heterocycles. The number of ether oxygens (including phenoxy) is 1. The van der Waals surface area contributed by atoms with Gasteiger partial charge in [-0.15, -0.1) is 0 Å². The van der Waals surface area contributed by atoms with Crippen molar-refractivity contribution < 1.29 is 4.74 Å². The van der Waals surface area contributed by atoms with Gasteiger partial charge in [0.05, 0.1) is 19.0 Å². The van der Waals surface area contributed by atoms with Gasteiger partial charge in [-0.2, -0.15) is 0 Å². The summed E-state index contributed by atoms with van der Waals surface area (Å²) in [6.45, 7) is 8.37. The van der Waals surface area contributed by atoms with Crippen LogP contribution in [0.2, 0.25) is 0 Å². The SMILES string of the molecule is CCC(C)c1cncn1CCOC1CCNCC1. The van der Waals surface area contributed by atoms with E-state index in [0.717, 1.165) is 45.5 Å². The van der Waals surface area contributed by atoms with Gasteiger partial charge in [-0.05, 0) is 38.3 Å². The van der Waals surface area contributed by atoms with Crippen molar-refractivity contribution in [2.45, 2.75) is 51.7 Å². The van der Waals surface area contributed by atoms with Crippen LogP contribution < -0.4 is 5.32 Å². The number of nitrogens with one attached hydrogen (secondary N) is 1. The lowest BCUT2D eigenvalue weighted by molar-refractivity contribution is 0.0281. The third kappa shape index (κ3) is 3.56. The van der Waals surface area contributed by atoms with Crippen LogP contribution in [0.3, 0.4) is 0 Å². The summed E-state index contributed by atoms with van der Waals surface area (Å²) >= 11 is 0. The second kappa shape index (κ2) is 6.90. The number of imidazole rings is 1. The van der Waals surface area contributed by atoms with Gasteiger partial charge >= 0.3 is 0 Å². The van der Waals surface area contributed by atoms with Crippen molar-refractivity contribution in [2.75, 3.05) is 19.7 Å². The maximum absolute atomic E-state index is 5.94. The Morgan fingerprint density at radius 1 is 1.50 bits per heavy atom. The Hall–Kier alpha value is -0.870. The second-order valence-electron chi connectivity index (χ2n) is 5.14. The average molecular weight is 251 g/mol. The summed E-state index contributed by atoms with van der Waals surface area (Å²) in [6, 6.07) is 0. The number of hydrogen-bond donors (Lipinski definition) is 1. The van der Waals surface area contributed by atoms with Gasteiger partial charge in [0.1, 0.15) is 0 Å². The van der Waals surface area contributed by atoms with E-state index in [1.165, 1.54) is 5.69 Å². The van der Waals surface area contributed by atoms with E-state index in [1.54, 1.807) is 0 Å². The van der Waals surface area contributed by atoms with Crippen molar-refractivity contribution in [1.82, 2.24) is 14.9 Å². The van der Waals surface area contributed by atoms with Crippen LogP contribution in [0.15, 0.2) is 12.5 Å². The Morgan fingerprint density at radius 2 is 2.28 bits per heavy atom. The van der Waals surface area contributed by atoms with E-state index < -0.39 is 0 Å². The molecule has 102 valence electrons. The van der Waals surface area contributed by atoms with E-state index in [2.05, 4.69) is 28.7 Å². The molecule has 1 aliphatic rings. The first-order chi connectivity index (χ1) is 8.81. The van der Waals surface area contributed by atoms with Gasteiger partial charge in [0.2, 0.25) is 0 Å². The molecule has 1 saturated heterocycles. The van der Waals surface area contributed by atoms with Crippen LogP contribution in [0.4, 0.5) is 0 Å². The molecule has 0 aliphatic carbocycles. The molecule has 18 heavy (non-hydrogen) atoms. The van der Waals surface area contributed by atoms with Gasteiger partial charge in [-0.3, -0.25) is 0 Å². The Kier molecular flexibility index (Phi) is 5.20. The van der Waals surface area contributed by atoms with E-state index in [4.69, 9.17) is 4.74 Å². The van der Waals surface area contributed by atoms with E-state index in [-0.39, 0.29) is 0 Å². The molecule has 1 unspecified atom stereocenters. The third-order valence-electron chi connectivity index (χ3n) is 3.83. The molecule has 0 saturated carbocycles. The minimum absolute atomic E-state index is 0.446. The first-order valence-corrected chi connectivity index (χ1v) is 7.13. The van der Waals surface area contributed by atoms with Crippen LogP contribution in [-0.4, -0.2) is 35.4 Å². The number of rotatable bonds is 6. The fourth-order valence-corrected chi connectivity index (χ4v) is 2.42. The van der Waals surface area contributed by atoms with E-state index >= 15 is 0 Å². The summed E-state index contributed by atoms with van der Waals surface area (Å²) in [4.78, 5) is 4.25. The first kappa shape index (κ1) is 13.6. The predicted octanol–water partition coefficient (Wildman–Crippen LogP) is 2.17. The fourth-order valence-electron chi connectivity index (χ4n) is 2.42. The second-order valence-corrected chi connectivity index (χ2v) is 5.14. The lowest BCUT2D eigenvalue weighted by atomic mass is 10.1. The summed E-state index contributed by atoms with van der Waals surface area (Å²) in [5.74, 6) is 0.575. The van der Waals surface area contributed by atoms with Gasteiger partial charge < -0.3 is 14.6 Å². The molecule has 1 N–H and O–H groups in total. The van der Waals surface area contributed by atoms with Gasteiger partial charge in [-0.1, -0.05) is 13.8 Å². The Labute approximate surface area is 110 Å². The van der Waals surface area contributed by atoms with E-state index in [1.807, 2.05) is 12.5 Å². The third-order valence-corrected chi connectivity index (χ3v) is 3.83. The maximum Gasteiger partial charge on any atom is 0.0949 e. The van der Waals surface area contributed by atoms with Crippen molar-refractivity contribution in [3.8, 4) is 0 Å². The Balaban J connectivity index is 1.77. The van der Waals surface area contributed by atoms with Crippen LogP contribution in [0, 0.1) is 0 Å². The number of aromatic nitrogens is 2. The lowest BCUT2D eigenvalue weighted by Crippen LogP contribution is -2.33. The molecule has 1 aromatic heterocycles. The molecule has 0 radical (unpaired) electrons. The smallest absolute Gasteiger partial charge is 0.0949 e. The number of nitrogens with zero attached hydrogens (tertiary/aromatic N) is 2. The normalized spacial score (nSPS) is 19.0. The monoisotopic (exact) mass is 251 g/mol. The molecule has 2 heterocycles. The minimum atomic E-state index is 0.446. The minimum Gasteiger partial charge on any atom is -0.376 e. The molecule has 1 fully saturated rings. The zero-order chi connectivity index (χ0) is 12.8. The van der Waals surface area contributed by atoms with Crippen molar-refractivity contribution in [3.05, 3.63) is 18.2 Å². The molecule has 4 nitrogen and oxygen atoms in total. The summed E-state index contributed by atoms with van der Waals surface area (Å²) in [7, 11) is 0. The Bertz CT molecular complexity index is 345. The van der Waals surface area contributed by atoms with E-state index in [0.29, 0.717) is 12.0 Å². The largest absolute Gasteiger partial charge is 0.376 e. The molecule has 0 bridgehead atoms. The zero-order valence-corrected chi connectivity index (χ0v) is 11.6. The van der Waals surface area contributed by atoms with Gasteiger partial charge in [0.15, 0.2) is 0 Å². The molecule has 1 atom stereocenters. The molecule has 0 spiro atoms. The number of piperidine rings is 1. The summed E-state index contributed by atoms with van der Waals surface area (Å²) in [5, 5.41) is 3.36. The van der Waals surface area contributed by atoms with Gasteiger partial charge in [0, 0.05) is 18.4 Å². The number of hydrogen-bond acceptors (Lipinski definition) is 3. The van der Waals surface area contributed by atoms with Crippen molar-refractivity contribution in [2.24, 2.45) is 0 Å². The lowest BCUT2D eigenvalue weighted by Gasteiger charge is -2.23. The molecule has 2 rings (SSSR count). The Morgan fingerprint density at radius 3 is 3.00 bits per heavy atom. The molecule has 4 heteroatoms. The molecule has 1 aromatic rings. The van der Waals surface area contributed by atoms with Crippen LogP contribution in [0.25, 0.3) is 0 Å². The quantitative estimate of drug-likeness (QED) is 0.842. The highest BCUT2D eigenvalue weighted by molar-refractivity contribution is 5.04. The summed E-state index contributed by atoms with van der Waals surface area (Å²) in [6.07, 6.45) is 7.79. The van der Waals surface area contributed by atoms with Gasteiger partial charge in [0.25, 0.3) is 0 Å². The highest BCUT2D eigenvalue weighted by atomic mass is 16.5. The van der Waals surface area contributed by atoms with Gasteiger partial charge in [-0.25, -0.2) is 4.98 Å². The topological polar surface area (TPSA) is 39.1 Å². The zero-order valence-electron chi connectivity index (χ0n) is 11.6. The van der Waals surface area contributed by atoms with Crippen molar-refractivity contribution in [3.63, 3.8) is 0 Å². The summed E-state index contributed by atoms with van der Waals surface area (Å²) in [5.41, 5.74) is 1.33. The first-order valence-electron chi connectivity index (χ1n) is 7.13. The van der Waals surface area contributed by atoms with Crippen LogP contribution in [0.1, 0.15) is 44.7 Å². The summed E-state index contributed by atoms with van der Waals surface area (Å²) < 4.78 is 8.17. The average Bonchev–Trinajstić information content (AvgIpc) is 2.87. The highest BCUT2D eigenvalue weighted by Crippen LogP contribution is 2.18. The van der Waals surface area contributed by atoms with E-state index in [9.17, 15) is 0 Å².